The first-order chi connectivity index (χ1) is 9.58. The molecule has 0 bridgehead atoms. The van der Waals surface area contributed by atoms with Crippen LogP contribution in [-0.4, -0.2) is 25.2 Å². The third-order valence-electron chi connectivity index (χ3n) is 2.59. The van der Waals surface area contributed by atoms with Gasteiger partial charge in [-0.1, -0.05) is 0 Å². The molecule has 0 atom stereocenters. The number of halogens is 1. The predicted octanol–water partition coefficient (Wildman–Crippen LogP) is 3.39. The Labute approximate surface area is 119 Å². The monoisotopic (exact) mass is 296 g/mol. The Morgan fingerprint density at radius 2 is 1.80 bits per heavy atom. The molecule has 1 aromatic heterocycles. The van der Waals surface area contributed by atoms with E-state index in [1.165, 1.54) is 18.2 Å². The van der Waals surface area contributed by atoms with Crippen LogP contribution in [0.2, 0.25) is 0 Å². The van der Waals surface area contributed by atoms with Gasteiger partial charge in [0.1, 0.15) is 10.7 Å². The Morgan fingerprint density at radius 3 is 2.45 bits per heavy atom. The molecule has 2 rings (SSSR count). The molecule has 0 aliphatic rings. The van der Waals surface area contributed by atoms with Gasteiger partial charge in [0.05, 0.1) is 18.8 Å². The van der Waals surface area contributed by atoms with Gasteiger partial charge < -0.3 is 9.47 Å². The molecular weight excluding hydrogens is 283 g/mol. The second kappa shape index (κ2) is 6.00. The summed E-state index contributed by atoms with van der Waals surface area (Å²) < 4.78 is 23.9. The Kier molecular flexibility index (Phi) is 4.34. The van der Waals surface area contributed by atoms with E-state index in [4.69, 9.17) is 9.47 Å². The van der Waals surface area contributed by atoms with Crippen molar-refractivity contribution in [2.75, 3.05) is 13.2 Å². The summed E-state index contributed by atoms with van der Waals surface area (Å²) in [6, 6.07) is 4.03. The SMILES string of the molecule is CCOC(=O)c1sc2ccc(F)cc2c1C(=O)OCC. The Balaban J connectivity index is 2.63. The van der Waals surface area contributed by atoms with E-state index in [9.17, 15) is 14.0 Å². The average molecular weight is 296 g/mol. The van der Waals surface area contributed by atoms with Crippen LogP contribution in [0.3, 0.4) is 0 Å². The van der Waals surface area contributed by atoms with Crippen LogP contribution in [-0.2, 0) is 9.47 Å². The van der Waals surface area contributed by atoms with E-state index in [-0.39, 0.29) is 23.7 Å². The maximum absolute atomic E-state index is 13.4. The normalized spacial score (nSPS) is 10.6. The second-order valence-corrected chi connectivity index (χ2v) is 4.94. The number of esters is 2. The summed E-state index contributed by atoms with van der Waals surface area (Å²) in [6.07, 6.45) is 0. The lowest BCUT2D eigenvalue weighted by atomic mass is 10.1. The summed E-state index contributed by atoms with van der Waals surface area (Å²) in [5.74, 6) is -1.72. The highest BCUT2D eigenvalue weighted by Gasteiger charge is 2.25. The number of ether oxygens (including phenoxy) is 2. The molecule has 0 aliphatic heterocycles. The lowest BCUT2D eigenvalue weighted by Crippen LogP contribution is -2.11. The maximum Gasteiger partial charge on any atom is 0.349 e. The summed E-state index contributed by atoms with van der Waals surface area (Å²) in [4.78, 5) is 24.1. The number of fused-ring (bicyclic) bond motifs is 1. The minimum atomic E-state index is -0.646. The topological polar surface area (TPSA) is 52.6 Å². The van der Waals surface area contributed by atoms with E-state index in [0.29, 0.717) is 10.1 Å². The highest BCUT2D eigenvalue weighted by molar-refractivity contribution is 7.21. The summed E-state index contributed by atoms with van der Waals surface area (Å²) in [5.41, 5.74) is 0.0739. The highest BCUT2D eigenvalue weighted by atomic mass is 32.1. The van der Waals surface area contributed by atoms with Crippen LogP contribution in [0.1, 0.15) is 33.9 Å². The van der Waals surface area contributed by atoms with Crippen LogP contribution in [0.15, 0.2) is 18.2 Å². The second-order valence-electron chi connectivity index (χ2n) is 3.89. The van der Waals surface area contributed by atoms with E-state index in [2.05, 4.69) is 0 Å². The number of benzene rings is 1. The van der Waals surface area contributed by atoms with Crippen LogP contribution in [0.5, 0.6) is 0 Å². The van der Waals surface area contributed by atoms with Crippen molar-refractivity contribution < 1.29 is 23.5 Å². The highest BCUT2D eigenvalue weighted by Crippen LogP contribution is 2.33. The van der Waals surface area contributed by atoms with Gasteiger partial charge in [-0.3, -0.25) is 0 Å². The van der Waals surface area contributed by atoms with E-state index in [0.717, 1.165) is 11.3 Å². The van der Waals surface area contributed by atoms with Gasteiger partial charge in [-0.15, -0.1) is 11.3 Å². The number of carbonyl (C=O) groups is 2. The van der Waals surface area contributed by atoms with Crippen LogP contribution >= 0.6 is 11.3 Å². The molecule has 6 heteroatoms. The van der Waals surface area contributed by atoms with Crippen LogP contribution in [0.4, 0.5) is 4.39 Å². The summed E-state index contributed by atoms with van der Waals surface area (Å²) in [6.45, 7) is 3.71. The first-order valence-electron chi connectivity index (χ1n) is 6.14. The average Bonchev–Trinajstić information content (AvgIpc) is 2.77. The number of hydrogen-bond acceptors (Lipinski definition) is 5. The molecule has 4 nitrogen and oxygen atoms in total. The molecule has 1 aromatic carbocycles. The van der Waals surface area contributed by atoms with E-state index >= 15 is 0 Å². The van der Waals surface area contributed by atoms with Crippen molar-refractivity contribution in [2.45, 2.75) is 13.8 Å². The standard InChI is InChI=1S/C14H13FO4S/c1-3-18-13(16)11-9-7-8(15)5-6-10(9)20-12(11)14(17)19-4-2/h5-7H,3-4H2,1-2H3. The molecule has 0 saturated carbocycles. The molecule has 0 radical (unpaired) electrons. The van der Waals surface area contributed by atoms with Crippen LogP contribution in [0, 0.1) is 5.82 Å². The van der Waals surface area contributed by atoms with E-state index < -0.39 is 17.8 Å². The van der Waals surface area contributed by atoms with Gasteiger partial charge in [-0.25, -0.2) is 14.0 Å². The molecule has 0 fully saturated rings. The van der Waals surface area contributed by atoms with Crippen molar-refractivity contribution in [1.29, 1.82) is 0 Å². The van der Waals surface area contributed by atoms with Crippen molar-refractivity contribution in [3.05, 3.63) is 34.5 Å². The Hall–Kier alpha value is -1.95. The smallest absolute Gasteiger partial charge is 0.349 e. The Bertz CT molecular complexity index is 662. The summed E-state index contributed by atoms with van der Waals surface area (Å²) in [5, 5.41) is 0.372. The van der Waals surface area contributed by atoms with Crippen molar-refractivity contribution in [3.8, 4) is 0 Å². The Morgan fingerprint density at radius 1 is 1.15 bits per heavy atom. The maximum atomic E-state index is 13.4. The molecule has 0 spiro atoms. The third kappa shape index (κ3) is 2.65. The lowest BCUT2D eigenvalue weighted by molar-refractivity contribution is 0.0485. The zero-order valence-electron chi connectivity index (χ0n) is 11.1. The number of rotatable bonds is 4. The van der Waals surface area contributed by atoms with Crippen molar-refractivity contribution >= 4 is 33.4 Å². The predicted molar refractivity (Wildman–Crippen MR) is 73.7 cm³/mol. The van der Waals surface area contributed by atoms with Crippen molar-refractivity contribution in [1.82, 2.24) is 0 Å². The first-order valence-corrected chi connectivity index (χ1v) is 6.96. The van der Waals surface area contributed by atoms with E-state index in [1.807, 2.05) is 0 Å². The molecule has 0 saturated heterocycles. The molecule has 20 heavy (non-hydrogen) atoms. The quantitative estimate of drug-likeness (QED) is 0.811. The molecule has 0 N–H and O–H groups in total. The van der Waals surface area contributed by atoms with Gasteiger partial charge in [0.15, 0.2) is 0 Å². The fourth-order valence-corrected chi connectivity index (χ4v) is 2.88. The molecule has 0 amide bonds. The van der Waals surface area contributed by atoms with Gasteiger partial charge >= 0.3 is 11.9 Å². The van der Waals surface area contributed by atoms with Gasteiger partial charge in [-0.2, -0.15) is 0 Å². The third-order valence-corrected chi connectivity index (χ3v) is 3.74. The molecule has 0 unspecified atom stereocenters. The minimum absolute atomic E-state index is 0.0739. The summed E-state index contributed by atoms with van der Waals surface area (Å²) in [7, 11) is 0. The molecule has 0 aliphatic carbocycles. The van der Waals surface area contributed by atoms with Gasteiger partial charge in [0, 0.05) is 10.1 Å². The fraction of sp³-hybridized carbons (Fsp3) is 0.286. The van der Waals surface area contributed by atoms with Gasteiger partial charge in [0.2, 0.25) is 0 Å². The number of carbonyl (C=O) groups excluding carboxylic acids is 2. The van der Waals surface area contributed by atoms with Crippen LogP contribution < -0.4 is 0 Å². The van der Waals surface area contributed by atoms with Gasteiger partial charge in [-0.05, 0) is 32.0 Å². The zero-order chi connectivity index (χ0) is 14.7. The number of hydrogen-bond donors (Lipinski definition) is 0. The first kappa shape index (κ1) is 14.5. The molecule has 2 aromatic rings. The van der Waals surface area contributed by atoms with E-state index in [1.54, 1.807) is 13.8 Å². The molecular formula is C14H13FO4S. The van der Waals surface area contributed by atoms with Gasteiger partial charge in [0.25, 0.3) is 0 Å². The van der Waals surface area contributed by atoms with Crippen LogP contribution in [0.25, 0.3) is 10.1 Å². The zero-order valence-corrected chi connectivity index (χ0v) is 11.9. The van der Waals surface area contributed by atoms with Crippen molar-refractivity contribution in [2.24, 2.45) is 0 Å². The number of thiophene rings is 1. The summed E-state index contributed by atoms with van der Waals surface area (Å²) >= 11 is 1.09. The molecule has 106 valence electrons. The lowest BCUT2D eigenvalue weighted by Gasteiger charge is -2.04. The largest absolute Gasteiger partial charge is 0.462 e. The minimum Gasteiger partial charge on any atom is -0.462 e. The van der Waals surface area contributed by atoms with Crippen molar-refractivity contribution in [3.63, 3.8) is 0 Å². The fourth-order valence-electron chi connectivity index (χ4n) is 1.82. The molecule has 1 heterocycles.